The number of aromatic nitrogens is 8. The first kappa shape index (κ1) is 29.6. The molecule has 0 saturated carbocycles. The molecule has 0 spiro atoms. The molecule has 7 rings (SSSR count). The minimum atomic E-state index is -4.74. The molecule has 0 aliphatic carbocycles. The van der Waals surface area contributed by atoms with Crippen LogP contribution in [0.5, 0.6) is 0 Å². The maximum atomic E-state index is 15.9. The zero-order chi connectivity index (χ0) is 31.0. The van der Waals surface area contributed by atoms with Crippen LogP contribution in [0.4, 0.5) is 20.4 Å². The van der Waals surface area contributed by atoms with Crippen molar-refractivity contribution < 1.29 is 44.8 Å². The number of nitrogens with zero attached hydrogens (tertiary/aromatic N) is 8. The summed E-state index contributed by atoms with van der Waals surface area (Å²) in [7, 11) is -4.74. The Hall–Kier alpha value is -3.12. The van der Waals surface area contributed by atoms with Crippen molar-refractivity contribution in [3.8, 4) is 0 Å². The lowest BCUT2D eigenvalue weighted by atomic mass is 10.1. The van der Waals surface area contributed by atoms with Crippen LogP contribution >= 0.6 is 6.72 Å². The summed E-state index contributed by atoms with van der Waals surface area (Å²) in [6.07, 6.45) is -9.06. The molecule has 3 saturated heterocycles. The van der Waals surface area contributed by atoms with Crippen LogP contribution < -0.4 is 21.1 Å². The lowest BCUT2D eigenvalue weighted by Crippen LogP contribution is -2.45. The number of imidazole rings is 2. The molecule has 24 heteroatoms. The number of nitrogen functional groups attached to an aromatic ring is 2. The summed E-state index contributed by atoms with van der Waals surface area (Å²) >= 11 is 5.01. The molecule has 44 heavy (non-hydrogen) atoms. The van der Waals surface area contributed by atoms with Crippen molar-refractivity contribution in [2.45, 2.75) is 49.2 Å². The molecule has 0 aromatic carbocycles. The van der Waals surface area contributed by atoms with Crippen LogP contribution in [0.25, 0.3) is 22.3 Å². The Balaban J connectivity index is 1.17. The molecule has 3 aliphatic rings. The fourth-order valence-electron chi connectivity index (χ4n) is 5.20. The quantitative estimate of drug-likeness (QED) is 0.205. The first-order valence-corrected chi connectivity index (χ1v) is 16.7. The molecule has 9 atom stereocenters. The Labute approximate surface area is 250 Å². The van der Waals surface area contributed by atoms with Crippen LogP contribution in [0.1, 0.15) is 12.5 Å². The first-order chi connectivity index (χ1) is 20.9. The van der Waals surface area contributed by atoms with Gasteiger partial charge in [0.1, 0.15) is 54.8 Å². The van der Waals surface area contributed by atoms with E-state index in [2.05, 4.69) is 34.6 Å². The minimum Gasteiger partial charge on any atom is -0.780 e. The van der Waals surface area contributed by atoms with Crippen molar-refractivity contribution in [2.24, 2.45) is 0 Å². The van der Waals surface area contributed by atoms with Gasteiger partial charge in [0.2, 0.25) is 0 Å². The zero-order valence-corrected chi connectivity index (χ0v) is 24.4. The van der Waals surface area contributed by atoms with E-state index in [-0.39, 0.29) is 34.0 Å². The van der Waals surface area contributed by atoms with E-state index in [1.165, 1.54) is 21.8 Å². The van der Waals surface area contributed by atoms with Gasteiger partial charge in [0.15, 0.2) is 47.7 Å². The Morgan fingerprint density at radius 3 is 2.05 bits per heavy atom. The highest BCUT2D eigenvalue weighted by atomic mass is 32.5. The SMILES string of the molecule is Nc1ncnc2c1ncn2[C@@H]1O[C@@H]2CNS(=O)(=O)O[C@H]3[C@@H](F)[C@H](n4cnc5c(N)ncnc54)O[C@@H]3COP([O-])(=S)O[C@H]2[C@H]1F. The number of halogens is 2. The third-order valence-electron chi connectivity index (χ3n) is 7.20. The van der Waals surface area contributed by atoms with E-state index in [0.29, 0.717) is 0 Å². The average molecular weight is 677 g/mol. The van der Waals surface area contributed by atoms with Gasteiger partial charge in [0.05, 0.1) is 19.3 Å². The summed E-state index contributed by atoms with van der Waals surface area (Å²) < 4.78 is 89.5. The summed E-state index contributed by atoms with van der Waals surface area (Å²) in [5.41, 5.74) is 12.1. The number of hydrogen-bond donors (Lipinski definition) is 3. The molecular formula is C20H21F2N11O8PS2-. The largest absolute Gasteiger partial charge is 0.780 e. The molecule has 0 bridgehead atoms. The molecule has 3 aliphatic heterocycles. The predicted octanol–water partition coefficient (Wildman–Crippen LogP) is -1.48. The van der Waals surface area contributed by atoms with Crippen LogP contribution in [0.2, 0.25) is 0 Å². The smallest absolute Gasteiger partial charge is 0.336 e. The van der Waals surface area contributed by atoms with Crippen molar-refractivity contribution in [1.29, 1.82) is 0 Å². The third-order valence-corrected chi connectivity index (χ3v) is 9.74. The highest BCUT2D eigenvalue weighted by molar-refractivity contribution is 8.06. The van der Waals surface area contributed by atoms with Gasteiger partial charge in [-0.05, 0) is 0 Å². The molecule has 0 amide bonds. The first-order valence-electron chi connectivity index (χ1n) is 12.7. The van der Waals surface area contributed by atoms with E-state index in [9.17, 15) is 13.3 Å². The van der Waals surface area contributed by atoms with Crippen LogP contribution in [0.3, 0.4) is 0 Å². The van der Waals surface area contributed by atoms with Crippen molar-refractivity contribution in [3.05, 3.63) is 25.3 Å². The van der Waals surface area contributed by atoms with Crippen molar-refractivity contribution in [2.75, 3.05) is 24.6 Å². The van der Waals surface area contributed by atoms with Gasteiger partial charge in [0.25, 0.3) is 0 Å². The number of nitrogens with two attached hydrogens (primary N) is 2. The van der Waals surface area contributed by atoms with Gasteiger partial charge in [-0.15, -0.1) is 0 Å². The van der Waals surface area contributed by atoms with Gasteiger partial charge in [-0.3, -0.25) is 9.13 Å². The van der Waals surface area contributed by atoms with Crippen LogP contribution in [-0.2, 0) is 44.8 Å². The zero-order valence-electron chi connectivity index (χ0n) is 21.9. The monoisotopic (exact) mass is 676 g/mol. The highest BCUT2D eigenvalue weighted by Gasteiger charge is 2.52. The summed E-state index contributed by atoms with van der Waals surface area (Å²) in [6, 6.07) is 0. The molecule has 1 unspecified atom stereocenters. The molecule has 7 heterocycles. The second-order valence-corrected chi connectivity index (χ2v) is 14.0. The Bertz CT molecular complexity index is 1900. The van der Waals surface area contributed by atoms with E-state index in [1.807, 2.05) is 0 Å². The highest BCUT2D eigenvalue weighted by Crippen LogP contribution is 2.48. The number of rotatable bonds is 2. The van der Waals surface area contributed by atoms with E-state index in [4.69, 9.17) is 46.0 Å². The number of alkyl halides is 2. The summed E-state index contributed by atoms with van der Waals surface area (Å²) in [6.45, 7) is -5.95. The molecule has 4 aromatic heterocycles. The van der Waals surface area contributed by atoms with Gasteiger partial charge in [-0.25, -0.2) is 42.9 Å². The Kier molecular flexibility index (Phi) is 7.23. The molecule has 4 aromatic rings. The second-order valence-electron chi connectivity index (χ2n) is 9.86. The number of fused-ring (bicyclic) bond motifs is 4. The molecule has 236 valence electrons. The fourth-order valence-corrected chi connectivity index (χ4v) is 7.58. The van der Waals surface area contributed by atoms with Crippen LogP contribution in [-0.4, -0.2) is 97.4 Å². The van der Waals surface area contributed by atoms with Crippen molar-refractivity contribution in [3.63, 3.8) is 0 Å². The van der Waals surface area contributed by atoms with E-state index < -0.39 is 79.4 Å². The lowest BCUT2D eigenvalue weighted by Gasteiger charge is -2.34. The van der Waals surface area contributed by atoms with Gasteiger partial charge in [0, 0.05) is 6.54 Å². The van der Waals surface area contributed by atoms with Gasteiger partial charge >= 0.3 is 10.3 Å². The Morgan fingerprint density at radius 1 is 0.909 bits per heavy atom. The number of anilines is 2. The normalized spacial score (nSPS) is 36.1. The van der Waals surface area contributed by atoms with E-state index in [1.54, 1.807) is 0 Å². The molecule has 0 radical (unpaired) electrons. The second kappa shape index (κ2) is 10.8. The molecule has 5 N–H and O–H groups in total. The lowest BCUT2D eigenvalue weighted by molar-refractivity contribution is -0.216. The summed E-state index contributed by atoms with van der Waals surface area (Å²) in [5, 5.41) is 0. The predicted molar refractivity (Wildman–Crippen MR) is 144 cm³/mol. The summed E-state index contributed by atoms with van der Waals surface area (Å²) in [5.74, 6) is 0.0436. The van der Waals surface area contributed by atoms with E-state index in [0.717, 1.165) is 12.7 Å². The number of ether oxygens (including phenoxy) is 2. The van der Waals surface area contributed by atoms with Gasteiger partial charge < -0.3 is 34.9 Å². The third kappa shape index (κ3) is 5.07. The maximum Gasteiger partial charge on any atom is 0.336 e. The van der Waals surface area contributed by atoms with E-state index >= 15 is 8.78 Å². The standard InChI is InChI=1S/C20H22F2N11O8PS2/c21-9-13-7(38-19(9)32-5-29-11-15(23)25-3-27-17(11)32)1-31-44(35,36)41-14-8(2-37-42(34,43)40-13)39-20(10(14)22)33-6-30-12-16(24)26-4-28-18(12)33/h3-10,13-14,19-20,31H,1-2H2,(H,34,43)(H2,23,25,27)(H2,24,26,28)/p-1/t7-,8-,9-,10-,13-,14-,19-,20-,42?/m1/s1. The molecule has 19 nitrogen and oxygen atoms in total. The molecule has 3 fully saturated rings. The van der Waals surface area contributed by atoms with Gasteiger partial charge in [-0.2, -0.15) is 13.1 Å². The molecular weight excluding hydrogens is 655 g/mol. The summed E-state index contributed by atoms with van der Waals surface area (Å²) in [4.78, 5) is 37.1. The van der Waals surface area contributed by atoms with Gasteiger partial charge in [-0.1, -0.05) is 11.8 Å². The van der Waals surface area contributed by atoms with Crippen molar-refractivity contribution >= 4 is 62.8 Å². The minimum absolute atomic E-state index is 0.0176. The number of nitrogens with one attached hydrogen (secondary N) is 1. The fraction of sp³-hybridized carbons (Fsp3) is 0.500. The topological polar surface area (TPSA) is 255 Å². The van der Waals surface area contributed by atoms with Crippen molar-refractivity contribution in [1.82, 2.24) is 43.8 Å². The number of hydrogen-bond acceptors (Lipinski definition) is 17. The maximum absolute atomic E-state index is 15.9. The Morgan fingerprint density at radius 2 is 1.45 bits per heavy atom. The van der Waals surface area contributed by atoms with Crippen LogP contribution in [0.15, 0.2) is 25.3 Å². The van der Waals surface area contributed by atoms with Crippen LogP contribution in [0, 0.1) is 0 Å². The average Bonchev–Trinajstić information content (AvgIpc) is 3.73.